The summed E-state index contributed by atoms with van der Waals surface area (Å²) in [6, 6.07) is 2.93. The molecular formula is C11H11FO2. The highest BCUT2D eigenvalue weighted by Gasteiger charge is 2.13. The molecule has 0 amide bonds. The quantitative estimate of drug-likeness (QED) is 0.691. The largest absolute Gasteiger partial charge is 0.494 e. The summed E-state index contributed by atoms with van der Waals surface area (Å²) >= 11 is 0. The van der Waals surface area contributed by atoms with Crippen LogP contribution in [0.25, 0.3) is 5.57 Å². The predicted molar refractivity (Wildman–Crippen MR) is 53.0 cm³/mol. The van der Waals surface area contributed by atoms with Gasteiger partial charge in [0.25, 0.3) is 0 Å². The Kier molecular flexibility index (Phi) is 3.02. The minimum Gasteiger partial charge on any atom is -0.494 e. The van der Waals surface area contributed by atoms with Crippen LogP contribution in [0.15, 0.2) is 18.7 Å². The van der Waals surface area contributed by atoms with Crippen molar-refractivity contribution in [3.8, 4) is 5.75 Å². The van der Waals surface area contributed by atoms with Crippen molar-refractivity contribution >= 4 is 11.9 Å². The molecule has 1 rings (SSSR count). The van der Waals surface area contributed by atoms with Crippen molar-refractivity contribution in [2.24, 2.45) is 0 Å². The van der Waals surface area contributed by atoms with Crippen molar-refractivity contribution in [3.05, 3.63) is 35.7 Å². The molecule has 14 heavy (non-hydrogen) atoms. The summed E-state index contributed by atoms with van der Waals surface area (Å²) in [5.41, 5.74) is 1.01. The van der Waals surface area contributed by atoms with Crippen molar-refractivity contribution in [2.45, 2.75) is 6.92 Å². The van der Waals surface area contributed by atoms with E-state index in [2.05, 4.69) is 6.58 Å². The van der Waals surface area contributed by atoms with E-state index in [1.54, 1.807) is 6.92 Å². The van der Waals surface area contributed by atoms with Crippen LogP contribution in [-0.2, 0) is 0 Å². The van der Waals surface area contributed by atoms with Crippen LogP contribution < -0.4 is 4.74 Å². The third kappa shape index (κ3) is 1.66. The first-order valence-corrected chi connectivity index (χ1v) is 4.09. The van der Waals surface area contributed by atoms with Gasteiger partial charge < -0.3 is 4.74 Å². The van der Waals surface area contributed by atoms with E-state index in [1.807, 2.05) is 0 Å². The molecular weight excluding hydrogens is 183 g/mol. The summed E-state index contributed by atoms with van der Waals surface area (Å²) in [7, 11) is 1.38. The average molecular weight is 194 g/mol. The lowest BCUT2D eigenvalue weighted by Gasteiger charge is -2.09. The van der Waals surface area contributed by atoms with Gasteiger partial charge in [-0.2, -0.15) is 0 Å². The summed E-state index contributed by atoms with van der Waals surface area (Å²) in [4.78, 5) is 10.6. The van der Waals surface area contributed by atoms with Crippen LogP contribution in [0.5, 0.6) is 5.75 Å². The molecule has 0 N–H and O–H groups in total. The summed E-state index contributed by atoms with van der Waals surface area (Å²) in [6.07, 6.45) is 0.604. The second-order valence-electron chi connectivity index (χ2n) is 2.94. The number of benzene rings is 1. The Balaban J connectivity index is 3.46. The lowest BCUT2D eigenvalue weighted by atomic mass is 10.0. The van der Waals surface area contributed by atoms with E-state index in [-0.39, 0.29) is 16.9 Å². The fourth-order valence-electron chi connectivity index (χ4n) is 1.26. The maximum atomic E-state index is 13.6. The molecule has 0 atom stereocenters. The maximum Gasteiger partial charge on any atom is 0.173 e. The first-order valence-electron chi connectivity index (χ1n) is 4.09. The summed E-state index contributed by atoms with van der Waals surface area (Å²) < 4.78 is 18.4. The third-order valence-electron chi connectivity index (χ3n) is 1.91. The molecule has 0 unspecified atom stereocenters. The molecule has 0 heterocycles. The first-order chi connectivity index (χ1) is 6.61. The Hall–Kier alpha value is -1.64. The molecule has 3 heteroatoms. The van der Waals surface area contributed by atoms with Gasteiger partial charge in [0.05, 0.1) is 7.11 Å². The van der Waals surface area contributed by atoms with E-state index in [9.17, 15) is 9.18 Å². The number of rotatable bonds is 3. The van der Waals surface area contributed by atoms with E-state index < -0.39 is 5.82 Å². The van der Waals surface area contributed by atoms with Gasteiger partial charge in [-0.25, -0.2) is 4.39 Å². The monoisotopic (exact) mass is 194 g/mol. The number of halogens is 1. The molecule has 0 aliphatic rings. The number of allylic oxidation sites excluding steroid dienone is 1. The Bertz CT molecular complexity index is 383. The van der Waals surface area contributed by atoms with Gasteiger partial charge in [-0.1, -0.05) is 6.58 Å². The van der Waals surface area contributed by atoms with E-state index in [1.165, 1.54) is 19.2 Å². The Labute approximate surface area is 82.0 Å². The predicted octanol–water partition coefficient (Wildman–Crippen LogP) is 2.68. The molecule has 0 bridgehead atoms. The molecule has 1 aromatic carbocycles. The molecule has 0 saturated carbocycles. The van der Waals surface area contributed by atoms with Crippen molar-refractivity contribution in [1.29, 1.82) is 0 Å². The highest BCUT2D eigenvalue weighted by molar-refractivity contribution is 5.85. The molecule has 0 aliphatic heterocycles. The zero-order valence-corrected chi connectivity index (χ0v) is 8.13. The highest BCUT2D eigenvalue weighted by Crippen LogP contribution is 2.27. The lowest BCUT2D eigenvalue weighted by molar-refractivity contribution is 0.112. The topological polar surface area (TPSA) is 26.3 Å². The van der Waals surface area contributed by atoms with Crippen LogP contribution in [0, 0.1) is 5.82 Å². The van der Waals surface area contributed by atoms with Gasteiger partial charge in [-0.15, -0.1) is 0 Å². The molecule has 1 aromatic rings. The summed E-state index contributed by atoms with van der Waals surface area (Å²) in [5.74, 6) is -0.418. The van der Waals surface area contributed by atoms with Gasteiger partial charge in [-0.3, -0.25) is 4.79 Å². The van der Waals surface area contributed by atoms with Crippen molar-refractivity contribution < 1.29 is 13.9 Å². The van der Waals surface area contributed by atoms with E-state index in [0.29, 0.717) is 11.9 Å². The molecule has 0 radical (unpaired) electrons. The molecule has 74 valence electrons. The normalized spacial score (nSPS) is 9.64. The summed E-state index contributed by atoms with van der Waals surface area (Å²) in [5, 5.41) is 0. The van der Waals surface area contributed by atoms with Crippen LogP contribution in [0.3, 0.4) is 0 Å². The van der Waals surface area contributed by atoms with Crippen LogP contribution in [-0.4, -0.2) is 13.4 Å². The van der Waals surface area contributed by atoms with Crippen LogP contribution >= 0.6 is 0 Å². The Morgan fingerprint density at radius 3 is 2.64 bits per heavy atom. The van der Waals surface area contributed by atoms with Crippen molar-refractivity contribution in [1.82, 2.24) is 0 Å². The average Bonchev–Trinajstić information content (AvgIpc) is 2.16. The standard InChI is InChI=1S/C11H11FO2/c1-7(2)10-8(6-13)4-5-9(14-3)11(10)12/h4-6H,1H2,2-3H3. The van der Waals surface area contributed by atoms with Gasteiger partial charge in [0, 0.05) is 11.1 Å². The smallest absolute Gasteiger partial charge is 0.173 e. The molecule has 0 spiro atoms. The Morgan fingerprint density at radius 1 is 1.57 bits per heavy atom. The SMILES string of the molecule is C=C(C)c1c(C=O)ccc(OC)c1F. The lowest BCUT2D eigenvalue weighted by Crippen LogP contribution is -1.98. The maximum absolute atomic E-state index is 13.6. The number of carbonyl (C=O) groups is 1. The van der Waals surface area contributed by atoms with E-state index in [0.717, 1.165) is 0 Å². The molecule has 0 fully saturated rings. The van der Waals surface area contributed by atoms with Crippen LogP contribution in [0.2, 0.25) is 0 Å². The minimum absolute atomic E-state index is 0.119. The van der Waals surface area contributed by atoms with Gasteiger partial charge >= 0.3 is 0 Å². The number of hydrogen-bond acceptors (Lipinski definition) is 2. The van der Waals surface area contributed by atoms with Crippen molar-refractivity contribution in [2.75, 3.05) is 7.11 Å². The fraction of sp³-hybridized carbons (Fsp3) is 0.182. The van der Waals surface area contributed by atoms with E-state index >= 15 is 0 Å². The molecule has 2 nitrogen and oxygen atoms in total. The highest BCUT2D eigenvalue weighted by atomic mass is 19.1. The Morgan fingerprint density at radius 2 is 2.21 bits per heavy atom. The zero-order chi connectivity index (χ0) is 10.7. The third-order valence-corrected chi connectivity index (χ3v) is 1.91. The van der Waals surface area contributed by atoms with Crippen molar-refractivity contribution in [3.63, 3.8) is 0 Å². The first kappa shape index (κ1) is 10.4. The summed E-state index contributed by atoms with van der Waals surface area (Å²) in [6.45, 7) is 5.26. The molecule has 0 aromatic heterocycles. The minimum atomic E-state index is -0.537. The van der Waals surface area contributed by atoms with Crippen LogP contribution in [0.4, 0.5) is 4.39 Å². The zero-order valence-electron chi connectivity index (χ0n) is 8.13. The van der Waals surface area contributed by atoms with Gasteiger partial charge in [0.1, 0.15) is 0 Å². The number of hydrogen-bond donors (Lipinski definition) is 0. The van der Waals surface area contributed by atoms with Gasteiger partial charge in [0.2, 0.25) is 0 Å². The number of ether oxygens (including phenoxy) is 1. The fourth-order valence-corrected chi connectivity index (χ4v) is 1.26. The van der Waals surface area contributed by atoms with Gasteiger partial charge in [0.15, 0.2) is 17.9 Å². The number of aldehydes is 1. The second-order valence-corrected chi connectivity index (χ2v) is 2.94. The second kappa shape index (κ2) is 4.05. The number of methoxy groups -OCH3 is 1. The molecule has 0 saturated heterocycles. The van der Waals surface area contributed by atoms with Crippen LogP contribution in [0.1, 0.15) is 22.8 Å². The molecule has 0 aliphatic carbocycles. The van der Waals surface area contributed by atoms with Gasteiger partial charge in [-0.05, 0) is 24.6 Å². The number of carbonyl (C=O) groups excluding carboxylic acids is 1. The van der Waals surface area contributed by atoms with E-state index in [4.69, 9.17) is 4.74 Å².